The van der Waals surface area contributed by atoms with Crippen molar-refractivity contribution >= 4 is 0 Å². The molecule has 32 aliphatic rings. The molecule has 0 amide bonds. The van der Waals surface area contributed by atoms with Crippen LogP contribution in [0.4, 0.5) is 0 Å². The van der Waals surface area contributed by atoms with Gasteiger partial charge in [0.25, 0.3) is 0 Å². The van der Waals surface area contributed by atoms with Crippen molar-refractivity contribution in [1.82, 2.24) is 0 Å². The smallest absolute Gasteiger partial charge is 0.134 e. The molecule has 0 saturated heterocycles. The van der Waals surface area contributed by atoms with E-state index < -0.39 is 347 Å². The molecule has 84 heavy (non-hydrogen) atoms. The molecule has 32 fully saturated rings. The van der Waals surface area contributed by atoms with Gasteiger partial charge in [-0.25, -0.2) is 0 Å². The maximum Gasteiger partial charge on any atom is 0.134 e. The van der Waals surface area contributed by atoms with Crippen molar-refractivity contribution in [2.45, 2.75) is 134 Å². The van der Waals surface area contributed by atoms with E-state index in [0.717, 1.165) is 0 Å². The molecule has 0 aromatic heterocycles. The summed E-state index contributed by atoms with van der Waals surface area (Å²) < 4.78 is 0. The Hall–Kier alpha value is -0.960. The second-order valence-corrected chi connectivity index (χ2v) is 38.2. The first-order chi connectivity index (χ1) is 38.9. The Bertz CT molecular complexity index is 4090. The fraction of sp³-hybridized carbons (Fsp3) is 1.00. The lowest BCUT2D eigenvalue weighted by Gasteiger charge is -2.77. The minimum atomic E-state index is -3.70. The molecule has 24 N–H and O–H groups in total. The zero-order valence-electron chi connectivity index (χ0n) is 43.5. The van der Waals surface area contributed by atoms with Gasteiger partial charge in [0.1, 0.15) is 106 Å². The van der Waals surface area contributed by atoms with E-state index in [2.05, 4.69) is 0 Å². The Morgan fingerprint density at radius 1 is 0.131 bits per heavy atom. The Morgan fingerprint density at radius 2 is 0.583 bits per heavy atom. The highest BCUT2D eigenvalue weighted by Crippen LogP contribution is 3.11. The van der Waals surface area contributed by atoms with Gasteiger partial charge in [-0.15, -0.1) is 0 Å². The summed E-state index contributed by atoms with van der Waals surface area (Å²) in [6.45, 7) is 0. The summed E-state index contributed by atoms with van der Waals surface area (Å²) in [5.74, 6) is -73.8. The molecular weight excluding hydrogens is 1100 g/mol. The summed E-state index contributed by atoms with van der Waals surface area (Å²) in [4.78, 5) is 0. The van der Waals surface area contributed by atoms with Gasteiger partial charge in [-0.2, -0.15) is 0 Å². The first kappa shape index (κ1) is 43.7. The highest BCUT2D eigenvalue weighted by atomic mass is 16.5. The topological polar surface area (TPSA) is 486 Å². The lowest BCUT2D eigenvalue weighted by atomic mass is 9.32. The van der Waals surface area contributed by atoms with Crippen LogP contribution in [0.1, 0.15) is 0 Å². The van der Waals surface area contributed by atoms with Crippen LogP contribution in [-0.4, -0.2) is 257 Å². The minimum Gasteiger partial charge on any atom is -0.389 e. The molecule has 24 nitrogen and oxygen atoms in total. The van der Waals surface area contributed by atoms with Gasteiger partial charge in [0.2, 0.25) is 0 Å². The standard InChI is InChI=1S/C60H60O24/c61-37-8-5-14-19-21(8)53(77)49(73)28(37)16-6-11-22-27-38(62,25(6)37)15(5)30-41(27,65)18-13-2-1-7-3-4-17-31(40(19,64)26(4)59(83)54(7,78)55(13,79)60(30,84)56(14,59)80)58(53,82)50(74)34(49)33-39(16,63)29-23-24-32-45(69,10(2)20(18)42(22,66)57(32,81)44(11,29)68)52(76)12(1)9(3)46(70)35(48(24,52)72)51(75,43(23,33)67)36(50)47(17,46)71/h1-36,61-84H. The van der Waals surface area contributed by atoms with Crippen molar-refractivity contribution in [3.8, 4) is 0 Å². The van der Waals surface area contributed by atoms with Crippen LogP contribution in [0.25, 0.3) is 0 Å². The molecular formula is C60H60O24. The summed E-state index contributed by atoms with van der Waals surface area (Å²) in [7, 11) is 0. The van der Waals surface area contributed by atoms with E-state index in [1.165, 1.54) is 0 Å². The van der Waals surface area contributed by atoms with Crippen molar-refractivity contribution in [2.24, 2.45) is 213 Å². The number of hydrogen-bond acceptors (Lipinski definition) is 24. The molecule has 24 heteroatoms. The first-order valence-electron chi connectivity index (χ1n) is 32.2. The van der Waals surface area contributed by atoms with Crippen LogP contribution in [0, 0.1) is 213 Å². The third-order valence-electron chi connectivity index (χ3n) is 42.5. The lowest BCUT2D eigenvalue weighted by molar-refractivity contribution is -0.445. The van der Waals surface area contributed by atoms with Crippen molar-refractivity contribution in [3.05, 3.63) is 0 Å². The van der Waals surface area contributed by atoms with E-state index in [-0.39, 0.29) is 0 Å². The van der Waals surface area contributed by atoms with Crippen molar-refractivity contribution < 1.29 is 123 Å². The molecule has 60 atom stereocenters. The maximum absolute atomic E-state index is 15.7. The maximum atomic E-state index is 15.7. The van der Waals surface area contributed by atoms with Gasteiger partial charge >= 0.3 is 0 Å². The first-order valence-corrected chi connectivity index (χ1v) is 32.2. The molecule has 0 aromatic rings. The van der Waals surface area contributed by atoms with E-state index in [1.807, 2.05) is 0 Å². The molecule has 60 unspecified atom stereocenters. The SMILES string of the molecule is OC12C3C4C5C6C7C4C4(O)C8(O)C3C3(O)C9C%10C%11C%12C%13C%14C%15C%16C%17C%18C(C7(O)C%17C4(O)C(O)(C%16%13)C8(O)C%129)C4(O)C7(O)C8C%18(O)C%15(O)C9C8(O)C8(O)C%12C%13C(C%11(O)C%14(O)C%139O)C9(O)C%10(O)C(C13)C1C3C%10C(C5(O)C32)C(O)(C7C8C%10(O)C%12C19O)C64O. The Balaban J connectivity index is 0.965. The van der Waals surface area contributed by atoms with Gasteiger partial charge in [0, 0.05) is 160 Å². The van der Waals surface area contributed by atoms with Crippen LogP contribution in [0.2, 0.25) is 0 Å². The second-order valence-electron chi connectivity index (χ2n) is 38.2. The largest absolute Gasteiger partial charge is 0.389 e. The van der Waals surface area contributed by atoms with Crippen LogP contribution in [0.15, 0.2) is 0 Å². The minimum absolute atomic E-state index is 1.57. The van der Waals surface area contributed by atoms with Gasteiger partial charge in [0.15, 0.2) is 0 Å². The summed E-state index contributed by atoms with van der Waals surface area (Å²) in [6, 6.07) is 0. The fourth-order valence-electron chi connectivity index (χ4n) is 46.3. The zero-order chi connectivity index (χ0) is 56.8. The van der Waals surface area contributed by atoms with Gasteiger partial charge < -0.3 is 123 Å². The monoisotopic (exact) mass is 1160 g/mol. The van der Waals surface area contributed by atoms with Crippen LogP contribution in [0.5, 0.6) is 0 Å². The van der Waals surface area contributed by atoms with E-state index in [4.69, 9.17) is 0 Å². The van der Waals surface area contributed by atoms with Gasteiger partial charge in [-0.1, -0.05) is 0 Å². The molecule has 0 aliphatic heterocycles. The molecule has 0 aromatic carbocycles. The average molecular weight is 1170 g/mol. The lowest BCUT2D eigenvalue weighted by Crippen LogP contribution is -2.94. The second kappa shape index (κ2) is 8.55. The van der Waals surface area contributed by atoms with Crippen molar-refractivity contribution in [2.75, 3.05) is 0 Å². The highest BCUT2D eigenvalue weighted by Gasteiger charge is 3.25. The summed E-state index contributed by atoms with van der Waals surface area (Å²) >= 11 is 0. The Kier molecular flexibility index (Phi) is 4.45. The average Bonchev–Trinajstić information content (AvgIpc) is 1.34. The van der Waals surface area contributed by atoms with E-state index in [0.29, 0.717) is 0 Å². The summed E-state index contributed by atoms with van der Waals surface area (Å²) in [5, 5.41) is 376. The Labute approximate surface area is 468 Å². The summed E-state index contributed by atoms with van der Waals surface area (Å²) in [5.41, 5.74) is -80.1. The van der Waals surface area contributed by atoms with Gasteiger partial charge in [-0.05, 0) is 41.4 Å². The molecule has 0 spiro atoms. The normalized spacial score (nSPS) is 102. The molecule has 0 bridgehead atoms. The molecule has 32 rings (SSSR count). The van der Waals surface area contributed by atoms with Gasteiger partial charge in [0.05, 0.1) is 39.8 Å². The van der Waals surface area contributed by atoms with Crippen LogP contribution < -0.4 is 0 Å². The summed E-state index contributed by atoms with van der Waals surface area (Å²) in [6.07, 6.45) is 0. The number of hydrogen-bond donors (Lipinski definition) is 24. The molecule has 0 radical (unpaired) electrons. The van der Waals surface area contributed by atoms with Crippen LogP contribution in [0.3, 0.4) is 0 Å². The zero-order valence-corrected chi connectivity index (χ0v) is 43.5. The Morgan fingerprint density at radius 3 is 1.30 bits per heavy atom. The molecule has 32 saturated carbocycles. The van der Waals surface area contributed by atoms with E-state index in [1.54, 1.807) is 0 Å². The van der Waals surface area contributed by atoms with Crippen LogP contribution in [-0.2, 0) is 0 Å². The number of aliphatic hydroxyl groups is 24. The van der Waals surface area contributed by atoms with Gasteiger partial charge in [-0.3, -0.25) is 0 Å². The van der Waals surface area contributed by atoms with Crippen molar-refractivity contribution in [3.63, 3.8) is 0 Å². The quantitative estimate of drug-likeness (QED) is 0.107. The molecule has 32 aliphatic carbocycles. The highest BCUT2D eigenvalue weighted by molar-refractivity contribution is 5.73. The third-order valence-corrected chi connectivity index (χ3v) is 42.5. The van der Waals surface area contributed by atoms with E-state index in [9.17, 15) is 0 Å². The van der Waals surface area contributed by atoms with Crippen LogP contribution >= 0.6 is 0 Å². The third kappa shape index (κ3) is 1.94. The van der Waals surface area contributed by atoms with Crippen molar-refractivity contribution in [1.29, 1.82) is 0 Å². The van der Waals surface area contributed by atoms with E-state index >= 15 is 123 Å². The fourth-order valence-corrected chi connectivity index (χ4v) is 46.3. The number of rotatable bonds is 0. The predicted octanol–water partition coefficient (Wildman–Crippen LogP) is -13.9. The predicted molar refractivity (Wildman–Crippen MR) is 244 cm³/mol. The molecule has 444 valence electrons. The molecule has 0 heterocycles.